The van der Waals surface area contributed by atoms with E-state index in [4.69, 9.17) is 16.2 Å². The number of anilines is 2. The van der Waals surface area contributed by atoms with E-state index in [9.17, 15) is 4.79 Å². The second-order valence-corrected chi connectivity index (χ2v) is 5.76. The highest BCUT2D eigenvalue weighted by molar-refractivity contribution is 5.96. The van der Waals surface area contributed by atoms with E-state index in [1.54, 1.807) is 23.1 Å². The van der Waals surface area contributed by atoms with Gasteiger partial charge in [0, 0.05) is 30.0 Å². The van der Waals surface area contributed by atoms with Gasteiger partial charge in [0.25, 0.3) is 5.91 Å². The van der Waals surface area contributed by atoms with Gasteiger partial charge in [-0.15, -0.1) is 0 Å². The van der Waals surface area contributed by atoms with E-state index < -0.39 is 0 Å². The molecule has 1 aromatic rings. The molecule has 0 spiro atoms. The Morgan fingerprint density at radius 2 is 1.89 bits per heavy atom. The van der Waals surface area contributed by atoms with Crippen LogP contribution in [0, 0.1) is 0 Å². The van der Waals surface area contributed by atoms with Crippen LogP contribution >= 0.6 is 0 Å². The van der Waals surface area contributed by atoms with Crippen LogP contribution in [-0.4, -0.2) is 35.6 Å². The minimum Gasteiger partial charge on any atom is -0.399 e. The second-order valence-electron chi connectivity index (χ2n) is 5.76. The monoisotopic (exact) mass is 263 g/mol. The molecule has 1 aromatic carbocycles. The summed E-state index contributed by atoms with van der Waals surface area (Å²) in [5.74, 6) is -0.0535. The van der Waals surface area contributed by atoms with Crippen LogP contribution in [0.2, 0.25) is 0 Å². The minimum absolute atomic E-state index is 0.0195. The van der Waals surface area contributed by atoms with Crippen molar-refractivity contribution in [1.29, 1.82) is 0 Å². The molecular formula is C14H21N3O2. The number of nitrogens with zero attached hydrogens (tertiary/aromatic N) is 1. The Labute approximate surface area is 113 Å². The van der Waals surface area contributed by atoms with Crippen molar-refractivity contribution in [1.82, 2.24) is 4.90 Å². The van der Waals surface area contributed by atoms with E-state index in [0.717, 1.165) is 0 Å². The van der Waals surface area contributed by atoms with Gasteiger partial charge in [0.2, 0.25) is 0 Å². The molecule has 1 unspecified atom stereocenters. The molecule has 2 rings (SSSR count). The quantitative estimate of drug-likeness (QED) is 0.752. The topological polar surface area (TPSA) is 81.6 Å². The number of hydrogen-bond donors (Lipinski definition) is 2. The largest absolute Gasteiger partial charge is 0.399 e. The summed E-state index contributed by atoms with van der Waals surface area (Å²) < 4.78 is 5.79. The molecule has 1 aliphatic rings. The fourth-order valence-electron chi connectivity index (χ4n) is 2.59. The Hall–Kier alpha value is -1.75. The highest BCUT2D eigenvalue weighted by atomic mass is 16.5. The first kappa shape index (κ1) is 13.7. The zero-order valence-corrected chi connectivity index (χ0v) is 11.6. The number of carbonyl (C=O) groups is 1. The van der Waals surface area contributed by atoms with Crippen molar-refractivity contribution in [2.24, 2.45) is 0 Å². The first-order valence-electron chi connectivity index (χ1n) is 6.40. The first-order chi connectivity index (χ1) is 8.77. The number of nitrogens with two attached hydrogens (primary N) is 2. The van der Waals surface area contributed by atoms with Gasteiger partial charge in [0.15, 0.2) is 0 Å². The molecule has 4 N–H and O–H groups in total. The van der Waals surface area contributed by atoms with Gasteiger partial charge in [-0.3, -0.25) is 4.79 Å². The van der Waals surface area contributed by atoms with Crippen LogP contribution in [0.4, 0.5) is 11.4 Å². The lowest BCUT2D eigenvalue weighted by molar-refractivity contribution is -0.118. The van der Waals surface area contributed by atoms with Crippen LogP contribution in [0.15, 0.2) is 18.2 Å². The van der Waals surface area contributed by atoms with Crippen LogP contribution in [-0.2, 0) is 4.74 Å². The highest BCUT2D eigenvalue weighted by Crippen LogP contribution is 2.23. The van der Waals surface area contributed by atoms with Crippen molar-refractivity contribution < 1.29 is 9.53 Å². The van der Waals surface area contributed by atoms with Crippen LogP contribution in [0.5, 0.6) is 0 Å². The van der Waals surface area contributed by atoms with Gasteiger partial charge in [-0.25, -0.2) is 0 Å². The number of hydrogen-bond acceptors (Lipinski definition) is 4. The van der Waals surface area contributed by atoms with E-state index in [1.165, 1.54) is 0 Å². The van der Waals surface area contributed by atoms with E-state index >= 15 is 0 Å². The molecule has 5 heteroatoms. The first-order valence-corrected chi connectivity index (χ1v) is 6.40. The summed E-state index contributed by atoms with van der Waals surface area (Å²) in [6.45, 7) is 7.07. The summed E-state index contributed by atoms with van der Waals surface area (Å²) in [7, 11) is 0. The molecule has 0 radical (unpaired) electrons. The summed E-state index contributed by atoms with van der Waals surface area (Å²) in [5.41, 5.74) is 12.7. The van der Waals surface area contributed by atoms with Crippen LogP contribution in [0.25, 0.3) is 0 Å². The maximum absolute atomic E-state index is 12.5. The van der Waals surface area contributed by atoms with Gasteiger partial charge >= 0.3 is 0 Å². The molecule has 1 amide bonds. The number of morpholine rings is 1. The predicted molar refractivity (Wildman–Crippen MR) is 75.8 cm³/mol. The Bertz CT molecular complexity index is 479. The number of rotatable bonds is 1. The van der Waals surface area contributed by atoms with Gasteiger partial charge < -0.3 is 21.1 Å². The second kappa shape index (κ2) is 4.74. The van der Waals surface area contributed by atoms with Crippen molar-refractivity contribution in [3.8, 4) is 0 Å². The van der Waals surface area contributed by atoms with Gasteiger partial charge in [-0.1, -0.05) is 0 Å². The average Bonchev–Trinajstić information content (AvgIpc) is 2.23. The Kier molecular flexibility index (Phi) is 3.41. The molecule has 1 atom stereocenters. The Morgan fingerprint density at radius 3 is 2.42 bits per heavy atom. The minimum atomic E-state index is -0.334. The molecule has 0 aromatic heterocycles. The van der Waals surface area contributed by atoms with E-state index in [-0.39, 0.29) is 17.6 Å². The van der Waals surface area contributed by atoms with Gasteiger partial charge in [0.1, 0.15) is 0 Å². The Morgan fingerprint density at radius 1 is 1.32 bits per heavy atom. The molecule has 5 nitrogen and oxygen atoms in total. The summed E-state index contributed by atoms with van der Waals surface area (Å²) in [5, 5.41) is 0. The third kappa shape index (κ3) is 3.17. The standard InChI is InChI=1S/C14H21N3O2/c1-9-7-17(8-14(2,3)19-9)13(18)10-4-11(15)6-12(16)5-10/h4-6,9H,7-8,15-16H2,1-3H3. The van der Waals surface area contributed by atoms with Gasteiger partial charge in [-0.2, -0.15) is 0 Å². The maximum Gasteiger partial charge on any atom is 0.254 e. The van der Waals surface area contributed by atoms with Gasteiger partial charge in [0.05, 0.1) is 11.7 Å². The van der Waals surface area contributed by atoms with Crippen LogP contribution in [0.1, 0.15) is 31.1 Å². The number of nitrogen functional groups attached to an aromatic ring is 2. The fourth-order valence-corrected chi connectivity index (χ4v) is 2.59. The van der Waals surface area contributed by atoms with Crippen molar-refractivity contribution in [2.75, 3.05) is 24.6 Å². The van der Waals surface area contributed by atoms with Crippen molar-refractivity contribution in [3.63, 3.8) is 0 Å². The van der Waals surface area contributed by atoms with Crippen molar-refractivity contribution >= 4 is 17.3 Å². The SMILES string of the molecule is CC1CN(C(=O)c2cc(N)cc(N)c2)CC(C)(C)O1. The molecule has 1 heterocycles. The zero-order valence-electron chi connectivity index (χ0n) is 11.6. The molecule has 1 fully saturated rings. The highest BCUT2D eigenvalue weighted by Gasteiger charge is 2.34. The predicted octanol–water partition coefficient (Wildman–Crippen LogP) is 1.49. The van der Waals surface area contributed by atoms with Crippen LogP contribution in [0.3, 0.4) is 0 Å². The number of amides is 1. The molecule has 19 heavy (non-hydrogen) atoms. The molecule has 0 saturated carbocycles. The van der Waals surface area contributed by atoms with E-state index in [2.05, 4.69) is 0 Å². The lowest BCUT2D eigenvalue weighted by Crippen LogP contribution is -2.53. The molecular weight excluding hydrogens is 242 g/mol. The van der Waals surface area contributed by atoms with E-state index in [1.807, 2.05) is 20.8 Å². The third-order valence-electron chi connectivity index (χ3n) is 3.08. The fraction of sp³-hybridized carbons (Fsp3) is 0.500. The molecule has 0 bridgehead atoms. The Balaban J connectivity index is 2.23. The summed E-state index contributed by atoms with van der Waals surface area (Å²) >= 11 is 0. The summed E-state index contributed by atoms with van der Waals surface area (Å²) in [4.78, 5) is 14.3. The number of carbonyl (C=O) groups excluding carboxylic acids is 1. The van der Waals surface area contributed by atoms with Crippen LogP contribution < -0.4 is 11.5 Å². The van der Waals surface area contributed by atoms with Crippen molar-refractivity contribution in [2.45, 2.75) is 32.5 Å². The molecule has 1 aliphatic heterocycles. The number of benzene rings is 1. The third-order valence-corrected chi connectivity index (χ3v) is 3.08. The molecule has 1 saturated heterocycles. The van der Waals surface area contributed by atoms with E-state index in [0.29, 0.717) is 30.0 Å². The molecule has 104 valence electrons. The number of ether oxygens (including phenoxy) is 1. The average molecular weight is 263 g/mol. The lowest BCUT2D eigenvalue weighted by Gasteiger charge is -2.41. The summed E-state index contributed by atoms with van der Waals surface area (Å²) in [6.07, 6.45) is 0.0195. The van der Waals surface area contributed by atoms with Crippen molar-refractivity contribution in [3.05, 3.63) is 23.8 Å². The molecule has 0 aliphatic carbocycles. The smallest absolute Gasteiger partial charge is 0.254 e. The normalized spacial score (nSPS) is 22.3. The maximum atomic E-state index is 12.5. The lowest BCUT2D eigenvalue weighted by atomic mass is 10.0. The summed E-state index contributed by atoms with van der Waals surface area (Å²) in [6, 6.07) is 4.96. The zero-order chi connectivity index (χ0) is 14.2. The van der Waals surface area contributed by atoms with Gasteiger partial charge in [-0.05, 0) is 39.0 Å².